The van der Waals surface area contributed by atoms with Gasteiger partial charge in [0.05, 0.1) is 46.6 Å². The number of rotatable bonds is 22. The summed E-state index contributed by atoms with van der Waals surface area (Å²) >= 11 is 0. The van der Waals surface area contributed by atoms with Gasteiger partial charge in [-0.15, -0.1) is 0 Å². The van der Waals surface area contributed by atoms with Crippen LogP contribution in [0.1, 0.15) is 78.8 Å². The Kier molecular flexibility index (Phi) is 20.3. The molecule has 0 N–H and O–H groups in total. The summed E-state index contributed by atoms with van der Waals surface area (Å²) in [5, 5.41) is 0. The summed E-state index contributed by atoms with van der Waals surface area (Å²) in [5.41, 5.74) is 1.26. The Labute approximate surface area is 524 Å². The third kappa shape index (κ3) is 14.7. The van der Waals surface area contributed by atoms with E-state index in [-0.39, 0.29) is 33.4 Å². The lowest BCUT2D eigenvalue weighted by Crippen LogP contribution is -2.65. The van der Waals surface area contributed by atoms with E-state index in [2.05, 4.69) is 0 Å². The highest BCUT2D eigenvalue weighted by Crippen LogP contribution is 2.42. The largest absolute Gasteiger partial charge is 0.452 e. The maximum Gasteiger partial charge on any atom is 0.338 e. The summed E-state index contributed by atoms with van der Waals surface area (Å²) in [6, 6.07) is 76.5. The van der Waals surface area contributed by atoms with Crippen molar-refractivity contribution < 1.29 is 80.9 Å². The van der Waals surface area contributed by atoms with E-state index >= 15 is 0 Å². The lowest BCUT2D eigenvalue weighted by molar-refractivity contribution is -0.327. The number of carbonyl (C=O) groups excluding carboxylic acids is 6. The van der Waals surface area contributed by atoms with E-state index in [0.717, 1.165) is 0 Å². The predicted molar refractivity (Wildman–Crippen MR) is 329 cm³/mol. The van der Waals surface area contributed by atoms with Gasteiger partial charge in [-0.2, -0.15) is 0 Å². The van der Waals surface area contributed by atoms with Crippen molar-refractivity contribution in [3.63, 3.8) is 0 Å². The molecule has 10 atom stereocenters. The Bertz CT molecular complexity index is 3740. The standard InChI is InChI=1S/C74H62O17/c1-81-72-64(90-70(79)53-37-19-6-20-38-53)62(88-68(77)51-33-15-4-16-34-51)60(86-66(75)49-29-11-2-12-30-49)58(84-72)47-82-73-65(91-71(80)54-39-21-7-22-40-54)63(89-69(78)52-35-17-5-18-36-52)61(87-67(76)50-31-13-3-14-32-50)59(85-73)48-83-74(55-41-23-8-24-42-55,56-43-25-9-26-44-56)57-45-27-10-28-46-57/h2-46,58-65,72-73H,47-48H2,1H3/t58-,59-,60-,61-,62+,63+,64-,65-,72+,73-/m1/s1. The van der Waals surface area contributed by atoms with Crippen LogP contribution < -0.4 is 0 Å². The van der Waals surface area contributed by atoms with E-state index in [1.807, 2.05) is 91.0 Å². The van der Waals surface area contributed by atoms with Gasteiger partial charge < -0.3 is 52.1 Å². The van der Waals surface area contributed by atoms with Crippen molar-refractivity contribution in [1.82, 2.24) is 0 Å². The number of carbonyl (C=O) groups is 6. The van der Waals surface area contributed by atoms with E-state index < -0.39 is 116 Å². The zero-order chi connectivity index (χ0) is 62.9. The van der Waals surface area contributed by atoms with Crippen LogP contribution in [0.3, 0.4) is 0 Å². The van der Waals surface area contributed by atoms with Crippen LogP contribution in [0.4, 0.5) is 0 Å². The molecule has 9 aromatic carbocycles. The molecular weight excluding hydrogens is 1160 g/mol. The molecule has 0 aliphatic carbocycles. The molecular formula is C74H62O17. The lowest BCUT2D eigenvalue weighted by Gasteiger charge is -2.47. The van der Waals surface area contributed by atoms with Crippen molar-refractivity contribution in [2.45, 2.75) is 67.0 Å². The fourth-order valence-corrected chi connectivity index (χ4v) is 10.9. The van der Waals surface area contributed by atoms with Crippen molar-refractivity contribution >= 4 is 35.8 Å². The first-order chi connectivity index (χ1) is 44.6. The van der Waals surface area contributed by atoms with Gasteiger partial charge in [-0.1, -0.05) is 200 Å². The number of ether oxygens (including phenoxy) is 11. The van der Waals surface area contributed by atoms with Crippen molar-refractivity contribution in [2.24, 2.45) is 0 Å². The summed E-state index contributed by atoms with van der Waals surface area (Å²) in [7, 11) is 1.27. The van der Waals surface area contributed by atoms with Gasteiger partial charge in [0.25, 0.3) is 0 Å². The Hall–Kier alpha value is -10.4. The molecule has 11 rings (SSSR count). The molecule has 0 radical (unpaired) electrons. The van der Waals surface area contributed by atoms with Crippen LogP contribution in [0.2, 0.25) is 0 Å². The molecule has 2 heterocycles. The van der Waals surface area contributed by atoms with Gasteiger partial charge >= 0.3 is 35.8 Å². The summed E-state index contributed by atoms with van der Waals surface area (Å²) in [6.45, 7) is -1.16. The molecule has 0 aromatic heterocycles. The van der Waals surface area contributed by atoms with Crippen LogP contribution in [0.25, 0.3) is 0 Å². The Balaban J connectivity index is 1.05. The highest BCUT2D eigenvalue weighted by Gasteiger charge is 2.57. The predicted octanol–water partition coefficient (Wildman–Crippen LogP) is 11.5. The first kappa shape index (κ1) is 62.2. The van der Waals surface area contributed by atoms with Crippen LogP contribution in [-0.2, 0) is 57.7 Å². The first-order valence-corrected chi connectivity index (χ1v) is 29.4. The van der Waals surface area contributed by atoms with Crippen molar-refractivity contribution in [3.8, 4) is 0 Å². The molecule has 2 fully saturated rings. The number of hydrogen-bond donors (Lipinski definition) is 0. The molecule has 17 nitrogen and oxygen atoms in total. The van der Waals surface area contributed by atoms with Gasteiger partial charge in [-0.3, -0.25) is 0 Å². The quantitative estimate of drug-likeness (QED) is 0.0351. The maximum atomic E-state index is 14.8. The van der Waals surface area contributed by atoms with E-state index in [4.69, 9.17) is 52.1 Å². The van der Waals surface area contributed by atoms with Gasteiger partial charge in [0.1, 0.15) is 17.8 Å². The molecule has 0 amide bonds. The molecule has 17 heteroatoms. The van der Waals surface area contributed by atoms with E-state index in [9.17, 15) is 28.8 Å². The summed E-state index contributed by atoms with van der Waals surface area (Å²) in [6.07, 6.45) is -16.7. The van der Waals surface area contributed by atoms with Gasteiger partial charge in [0, 0.05) is 7.11 Å². The van der Waals surface area contributed by atoms with Crippen LogP contribution in [0, 0.1) is 0 Å². The molecule has 2 aliphatic heterocycles. The third-order valence-corrected chi connectivity index (χ3v) is 15.4. The van der Waals surface area contributed by atoms with Crippen LogP contribution in [-0.4, -0.2) is 118 Å². The summed E-state index contributed by atoms with van der Waals surface area (Å²) in [4.78, 5) is 87.2. The Morgan fingerprint density at radius 1 is 0.297 bits per heavy atom. The molecule has 460 valence electrons. The van der Waals surface area contributed by atoms with Gasteiger partial charge in [-0.25, -0.2) is 28.8 Å². The molecule has 9 aromatic rings. The van der Waals surface area contributed by atoms with Crippen LogP contribution in [0.5, 0.6) is 0 Å². The molecule has 0 bridgehead atoms. The zero-order valence-electron chi connectivity index (χ0n) is 49.1. The van der Waals surface area contributed by atoms with Crippen molar-refractivity contribution in [1.29, 1.82) is 0 Å². The van der Waals surface area contributed by atoms with E-state index in [0.29, 0.717) is 16.7 Å². The molecule has 0 spiro atoms. The maximum absolute atomic E-state index is 14.8. The van der Waals surface area contributed by atoms with E-state index in [1.54, 1.807) is 121 Å². The fourth-order valence-electron chi connectivity index (χ4n) is 10.9. The minimum Gasteiger partial charge on any atom is -0.452 e. The molecule has 0 unspecified atom stereocenters. The molecule has 2 aliphatic rings. The first-order valence-electron chi connectivity index (χ1n) is 29.4. The normalized spacial score (nSPS) is 21.2. The number of esters is 6. The number of methoxy groups -OCH3 is 1. The second-order valence-electron chi connectivity index (χ2n) is 21.2. The fraction of sp³-hybridized carbons (Fsp3) is 0.189. The Morgan fingerprint density at radius 2 is 0.527 bits per heavy atom. The zero-order valence-corrected chi connectivity index (χ0v) is 49.1. The topological polar surface area (TPSA) is 204 Å². The second-order valence-corrected chi connectivity index (χ2v) is 21.2. The lowest BCUT2D eigenvalue weighted by atomic mass is 9.80. The molecule has 0 saturated carbocycles. The summed E-state index contributed by atoms with van der Waals surface area (Å²) < 4.78 is 72.1. The Morgan fingerprint density at radius 3 is 0.813 bits per heavy atom. The van der Waals surface area contributed by atoms with Crippen molar-refractivity contribution in [2.75, 3.05) is 20.3 Å². The van der Waals surface area contributed by atoms with Crippen LogP contribution >= 0.6 is 0 Å². The van der Waals surface area contributed by atoms with Gasteiger partial charge in [0.2, 0.25) is 0 Å². The average Bonchev–Trinajstić information content (AvgIpc) is 0.864. The van der Waals surface area contributed by atoms with Gasteiger partial charge in [-0.05, 0) is 89.5 Å². The minimum atomic E-state index is -1.84. The van der Waals surface area contributed by atoms with Gasteiger partial charge in [0.15, 0.2) is 49.2 Å². The average molecular weight is 1220 g/mol. The highest BCUT2D eigenvalue weighted by atomic mass is 16.8. The van der Waals surface area contributed by atoms with Crippen molar-refractivity contribution in [3.05, 3.63) is 323 Å². The van der Waals surface area contributed by atoms with Crippen LogP contribution in [0.15, 0.2) is 273 Å². The summed E-state index contributed by atoms with van der Waals surface area (Å²) in [5.74, 6) is -5.37. The molecule has 91 heavy (non-hydrogen) atoms. The SMILES string of the molecule is CO[C@H]1O[C@H](CO[C@@H]2O[C@H](COC(c3ccccc3)(c3ccccc3)c3ccccc3)[C@@H](OC(=O)c3ccccc3)[C@H](OC(=O)c3ccccc3)[C@H]2OC(=O)c2ccccc2)[C@@H](OC(=O)c2ccccc2)[C@H](OC(=O)c2ccccc2)[C@H]1OC(=O)c1ccccc1. The smallest absolute Gasteiger partial charge is 0.338 e. The minimum absolute atomic E-state index is 0.0710. The highest BCUT2D eigenvalue weighted by molar-refractivity contribution is 5.93. The number of benzene rings is 9. The van der Waals surface area contributed by atoms with E-state index in [1.165, 1.54) is 67.8 Å². The monoisotopic (exact) mass is 1220 g/mol. The second kappa shape index (κ2) is 29.7. The third-order valence-electron chi connectivity index (χ3n) is 15.4. The number of hydrogen-bond acceptors (Lipinski definition) is 17. The molecule has 2 saturated heterocycles.